The molecule has 0 unspecified atom stereocenters. The average Bonchev–Trinajstić information content (AvgIpc) is 2.58. The SMILES string of the molecule is Cc1c(C(=O)NCCCN)[nH]c(=O)c2ccccc12.O=C(O)C(F)(F)F. The Morgan fingerprint density at radius 3 is 2.27 bits per heavy atom. The van der Waals surface area contributed by atoms with Gasteiger partial charge in [0.15, 0.2) is 0 Å². The van der Waals surface area contributed by atoms with Crippen LogP contribution in [0.25, 0.3) is 10.8 Å². The van der Waals surface area contributed by atoms with Crippen LogP contribution in [-0.4, -0.2) is 41.2 Å². The predicted molar refractivity (Wildman–Crippen MR) is 89.0 cm³/mol. The van der Waals surface area contributed by atoms with Gasteiger partial charge in [-0.25, -0.2) is 4.79 Å². The van der Waals surface area contributed by atoms with Crippen molar-refractivity contribution in [3.05, 3.63) is 45.9 Å². The highest BCUT2D eigenvalue weighted by Gasteiger charge is 2.38. The first-order valence-electron chi connectivity index (χ1n) is 7.49. The Kier molecular flexibility index (Phi) is 7.32. The van der Waals surface area contributed by atoms with Crippen LogP contribution in [0, 0.1) is 6.92 Å². The molecule has 5 N–H and O–H groups in total. The van der Waals surface area contributed by atoms with Crippen LogP contribution in [-0.2, 0) is 4.79 Å². The van der Waals surface area contributed by atoms with Crippen molar-refractivity contribution in [3.8, 4) is 0 Å². The van der Waals surface area contributed by atoms with Gasteiger partial charge >= 0.3 is 12.1 Å². The molecule has 26 heavy (non-hydrogen) atoms. The number of fused-ring (bicyclic) bond motifs is 1. The summed E-state index contributed by atoms with van der Waals surface area (Å²) in [5, 5.41) is 11.3. The number of aromatic nitrogens is 1. The number of carboxylic acid groups (broad SMARTS) is 1. The highest BCUT2D eigenvalue weighted by atomic mass is 19.4. The third-order valence-electron chi connectivity index (χ3n) is 3.33. The second-order valence-electron chi connectivity index (χ2n) is 5.20. The normalized spacial score (nSPS) is 10.8. The Labute approximate surface area is 146 Å². The van der Waals surface area contributed by atoms with Crippen LogP contribution in [0.1, 0.15) is 22.5 Å². The lowest BCUT2D eigenvalue weighted by atomic mass is 10.1. The zero-order valence-corrected chi connectivity index (χ0v) is 13.8. The van der Waals surface area contributed by atoms with Crippen molar-refractivity contribution in [3.63, 3.8) is 0 Å². The quantitative estimate of drug-likeness (QED) is 0.605. The maximum absolute atomic E-state index is 12.0. The summed E-state index contributed by atoms with van der Waals surface area (Å²) in [7, 11) is 0. The number of carbonyl (C=O) groups is 2. The van der Waals surface area contributed by atoms with Gasteiger partial charge in [-0.3, -0.25) is 9.59 Å². The summed E-state index contributed by atoms with van der Waals surface area (Å²) >= 11 is 0. The molecule has 10 heteroatoms. The van der Waals surface area contributed by atoms with Crippen molar-refractivity contribution in [2.75, 3.05) is 13.1 Å². The van der Waals surface area contributed by atoms with Crippen molar-refractivity contribution in [1.82, 2.24) is 10.3 Å². The van der Waals surface area contributed by atoms with Crippen molar-refractivity contribution in [2.45, 2.75) is 19.5 Å². The van der Waals surface area contributed by atoms with Crippen LogP contribution in [0.2, 0.25) is 0 Å². The Balaban J connectivity index is 0.000000412. The summed E-state index contributed by atoms with van der Waals surface area (Å²) in [5.74, 6) is -3.03. The number of halogens is 3. The maximum atomic E-state index is 12.0. The van der Waals surface area contributed by atoms with Crippen molar-refractivity contribution < 1.29 is 27.9 Å². The minimum absolute atomic E-state index is 0.245. The fourth-order valence-corrected chi connectivity index (χ4v) is 2.04. The number of pyridine rings is 1. The molecular formula is C16H18F3N3O4. The van der Waals surface area contributed by atoms with E-state index in [1.54, 1.807) is 12.1 Å². The van der Waals surface area contributed by atoms with Crippen LogP contribution in [0.5, 0.6) is 0 Å². The average molecular weight is 373 g/mol. The van der Waals surface area contributed by atoms with E-state index in [2.05, 4.69) is 10.3 Å². The lowest BCUT2D eigenvalue weighted by molar-refractivity contribution is -0.192. The van der Waals surface area contributed by atoms with Gasteiger partial charge in [0.2, 0.25) is 0 Å². The molecule has 1 aromatic carbocycles. The van der Waals surface area contributed by atoms with E-state index in [0.717, 1.165) is 10.9 Å². The molecule has 0 aliphatic heterocycles. The summed E-state index contributed by atoms with van der Waals surface area (Å²) in [6.45, 7) is 2.85. The number of rotatable bonds is 4. The van der Waals surface area contributed by atoms with Crippen molar-refractivity contribution in [2.24, 2.45) is 5.73 Å². The van der Waals surface area contributed by atoms with Gasteiger partial charge in [0.25, 0.3) is 11.5 Å². The van der Waals surface area contributed by atoms with E-state index in [9.17, 15) is 22.8 Å². The highest BCUT2D eigenvalue weighted by molar-refractivity contribution is 5.99. The molecular weight excluding hydrogens is 355 g/mol. The number of benzene rings is 1. The molecule has 1 heterocycles. The monoisotopic (exact) mass is 373 g/mol. The number of carboxylic acids is 1. The van der Waals surface area contributed by atoms with E-state index in [0.29, 0.717) is 30.6 Å². The van der Waals surface area contributed by atoms with Crippen LogP contribution >= 0.6 is 0 Å². The zero-order chi connectivity index (χ0) is 19.9. The number of hydrogen-bond acceptors (Lipinski definition) is 4. The first-order chi connectivity index (χ1) is 12.1. The minimum Gasteiger partial charge on any atom is -0.475 e. The van der Waals surface area contributed by atoms with E-state index in [1.807, 2.05) is 19.1 Å². The van der Waals surface area contributed by atoms with E-state index >= 15 is 0 Å². The molecule has 2 aromatic rings. The number of nitrogens with two attached hydrogens (primary N) is 1. The molecule has 2 rings (SSSR count). The molecule has 0 aliphatic carbocycles. The molecule has 142 valence electrons. The predicted octanol–water partition coefficient (Wildman–Crippen LogP) is 1.55. The number of carbonyl (C=O) groups excluding carboxylic acids is 1. The Morgan fingerprint density at radius 2 is 1.77 bits per heavy atom. The van der Waals surface area contributed by atoms with Crippen LogP contribution in [0.4, 0.5) is 13.2 Å². The van der Waals surface area contributed by atoms with Gasteiger partial charge in [-0.1, -0.05) is 18.2 Å². The summed E-state index contributed by atoms with van der Waals surface area (Å²) in [6.07, 6.45) is -4.37. The van der Waals surface area contributed by atoms with Crippen LogP contribution in [0.3, 0.4) is 0 Å². The highest BCUT2D eigenvalue weighted by Crippen LogP contribution is 2.16. The summed E-state index contributed by atoms with van der Waals surface area (Å²) in [4.78, 5) is 35.5. The molecule has 0 radical (unpaired) electrons. The number of amides is 1. The number of hydrogen-bond donors (Lipinski definition) is 4. The van der Waals surface area contributed by atoms with Crippen molar-refractivity contribution in [1.29, 1.82) is 0 Å². The zero-order valence-electron chi connectivity index (χ0n) is 13.8. The molecule has 7 nitrogen and oxygen atoms in total. The summed E-state index contributed by atoms with van der Waals surface area (Å²) in [5.41, 5.74) is 6.23. The van der Waals surface area contributed by atoms with Crippen LogP contribution in [0.15, 0.2) is 29.1 Å². The lowest BCUT2D eigenvalue weighted by Gasteiger charge is -2.09. The molecule has 0 saturated carbocycles. The first-order valence-corrected chi connectivity index (χ1v) is 7.49. The van der Waals surface area contributed by atoms with E-state index in [-0.39, 0.29) is 11.5 Å². The topological polar surface area (TPSA) is 125 Å². The van der Waals surface area contributed by atoms with E-state index < -0.39 is 12.1 Å². The molecule has 0 spiro atoms. The molecule has 0 fully saturated rings. The standard InChI is InChI=1S/C14H17N3O2.C2HF3O2/c1-9-10-5-2-3-6-11(10)13(18)17-12(9)14(19)16-8-4-7-15;3-2(4,5)1(6)7/h2-3,5-6H,4,7-8,15H2,1H3,(H,16,19)(H,17,18);(H,6,7). The Morgan fingerprint density at radius 1 is 1.23 bits per heavy atom. The fourth-order valence-electron chi connectivity index (χ4n) is 2.04. The number of aromatic amines is 1. The van der Waals surface area contributed by atoms with Gasteiger partial charge in [0.05, 0.1) is 0 Å². The number of aryl methyl sites for hydroxylation is 1. The molecule has 0 atom stereocenters. The lowest BCUT2D eigenvalue weighted by Crippen LogP contribution is -2.29. The molecule has 0 aliphatic rings. The number of nitrogens with one attached hydrogen (secondary N) is 2. The first kappa shape index (κ1) is 21.2. The van der Waals surface area contributed by atoms with Gasteiger partial charge in [0, 0.05) is 11.9 Å². The van der Waals surface area contributed by atoms with Gasteiger partial charge < -0.3 is 21.1 Å². The smallest absolute Gasteiger partial charge is 0.475 e. The van der Waals surface area contributed by atoms with Gasteiger partial charge in [-0.05, 0) is 36.9 Å². The van der Waals surface area contributed by atoms with Gasteiger partial charge in [0.1, 0.15) is 5.69 Å². The second kappa shape index (κ2) is 8.99. The third kappa shape index (κ3) is 5.59. The molecule has 0 saturated heterocycles. The molecule has 1 aromatic heterocycles. The largest absolute Gasteiger partial charge is 0.490 e. The number of alkyl halides is 3. The Bertz CT molecular complexity index is 847. The number of aliphatic carboxylic acids is 1. The summed E-state index contributed by atoms with van der Waals surface area (Å²) < 4.78 is 31.7. The van der Waals surface area contributed by atoms with Gasteiger partial charge in [-0.15, -0.1) is 0 Å². The molecule has 1 amide bonds. The third-order valence-corrected chi connectivity index (χ3v) is 3.33. The Hall–Kier alpha value is -2.88. The minimum atomic E-state index is -5.08. The van der Waals surface area contributed by atoms with Crippen molar-refractivity contribution >= 4 is 22.6 Å². The summed E-state index contributed by atoms with van der Waals surface area (Å²) in [6, 6.07) is 7.25. The second-order valence-corrected chi connectivity index (χ2v) is 5.20. The van der Waals surface area contributed by atoms with E-state index in [4.69, 9.17) is 15.6 Å². The van der Waals surface area contributed by atoms with E-state index in [1.165, 1.54) is 0 Å². The number of H-pyrrole nitrogens is 1. The van der Waals surface area contributed by atoms with Crippen LogP contribution < -0.4 is 16.6 Å². The van der Waals surface area contributed by atoms with Gasteiger partial charge in [-0.2, -0.15) is 13.2 Å². The molecule has 0 bridgehead atoms. The fraction of sp³-hybridized carbons (Fsp3) is 0.312. The maximum Gasteiger partial charge on any atom is 0.490 e.